The fraction of sp³-hybridized carbons (Fsp3) is 0.176. The molecule has 1 atom stereocenters. The van der Waals surface area contributed by atoms with Crippen molar-refractivity contribution in [3.05, 3.63) is 64.2 Å². The highest BCUT2D eigenvalue weighted by molar-refractivity contribution is 6.31. The summed E-state index contributed by atoms with van der Waals surface area (Å²) in [6.45, 7) is -0.0334. The van der Waals surface area contributed by atoms with Crippen molar-refractivity contribution in [1.82, 2.24) is 0 Å². The van der Waals surface area contributed by atoms with E-state index in [1.165, 1.54) is 0 Å². The fourth-order valence-corrected chi connectivity index (χ4v) is 2.60. The number of carbonyl (C=O) groups is 1. The van der Waals surface area contributed by atoms with Gasteiger partial charge in [0, 0.05) is 17.0 Å². The van der Waals surface area contributed by atoms with E-state index in [0.717, 1.165) is 17.7 Å². The first-order valence-electron chi connectivity index (χ1n) is 7.35. The van der Waals surface area contributed by atoms with Crippen LogP contribution >= 0.6 is 11.6 Å². The maximum Gasteiger partial charge on any atom is 0.254 e. The smallest absolute Gasteiger partial charge is 0.254 e. The summed E-state index contributed by atoms with van der Waals surface area (Å²) in [5.74, 6) is -3.67. The molecule has 0 radical (unpaired) electrons. The van der Waals surface area contributed by atoms with E-state index in [-0.39, 0.29) is 12.4 Å². The number of hydrogen-bond donors (Lipinski definition) is 1. The lowest BCUT2D eigenvalue weighted by Gasteiger charge is -2.12. The van der Waals surface area contributed by atoms with Crippen LogP contribution in [0.3, 0.4) is 0 Å². The number of carbonyl (C=O) groups excluding carboxylic acids is 1. The van der Waals surface area contributed by atoms with Gasteiger partial charge in [0.15, 0.2) is 17.7 Å². The number of nitrogens with zero attached hydrogens (tertiary/aromatic N) is 1. The van der Waals surface area contributed by atoms with Crippen LogP contribution in [-0.4, -0.2) is 24.3 Å². The minimum atomic E-state index is -1.20. The lowest BCUT2D eigenvalue weighted by atomic mass is 10.1. The molecule has 0 aliphatic carbocycles. The number of rotatable bonds is 5. The number of hydrogen-bond acceptors (Lipinski definition) is 4. The molecule has 1 amide bonds. The van der Waals surface area contributed by atoms with Gasteiger partial charge in [-0.2, -0.15) is 0 Å². The Labute approximate surface area is 147 Å². The molecule has 0 bridgehead atoms. The Morgan fingerprint density at radius 2 is 2.16 bits per heavy atom. The van der Waals surface area contributed by atoms with Crippen LogP contribution in [0.1, 0.15) is 22.3 Å². The predicted molar refractivity (Wildman–Crippen MR) is 87.8 cm³/mol. The fourth-order valence-electron chi connectivity index (χ4n) is 2.41. The van der Waals surface area contributed by atoms with Crippen molar-refractivity contribution in [2.24, 2.45) is 10.9 Å². The van der Waals surface area contributed by atoms with Crippen molar-refractivity contribution < 1.29 is 23.1 Å². The van der Waals surface area contributed by atoms with Gasteiger partial charge in [-0.25, -0.2) is 8.78 Å². The lowest BCUT2D eigenvalue weighted by molar-refractivity contribution is 0.0458. The average Bonchev–Trinajstić information content (AvgIpc) is 3.03. The molecule has 1 heterocycles. The minimum absolute atomic E-state index is 0.0334. The molecule has 25 heavy (non-hydrogen) atoms. The highest BCUT2D eigenvalue weighted by Gasteiger charge is 2.25. The van der Waals surface area contributed by atoms with Crippen LogP contribution in [0.5, 0.6) is 5.75 Å². The van der Waals surface area contributed by atoms with Crippen molar-refractivity contribution in [2.75, 3.05) is 6.61 Å². The zero-order chi connectivity index (χ0) is 18.0. The second kappa shape index (κ2) is 7.06. The summed E-state index contributed by atoms with van der Waals surface area (Å²) in [5, 5.41) is 4.55. The summed E-state index contributed by atoms with van der Waals surface area (Å²) in [4.78, 5) is 16.4. The van der Waals surface area contributed by atoms with E-state index in [9.17, 15) is 13.6 Å². The Morgan fingerprint density at radius 3 is 2.88 bits per heavy atom. The van der Waals surface area contributed by atoms with E-state index < -0.39 is 29.2 Å². The van der Waals surface area contributed by atoms with Gasteiger partial charge in [-0.15, -0.1) is 0 Å². The number of benzene rings is 2. The van der Waals surface area contributed by atoms with Crippen LogP contribution in [0.25, 0.3) is 0 Å². The summed E-state index contributed by atoms with van der Waals surface area (Å²) in [6.07, 6.45) is -0.0123. The molecule has 1 unspecified atom stereocenters. The number of halogens is 3. The number of primary amides is 1. The first-order chi connectivity index (χ1) is 12.0. The molecule has 0 saturated carbocycles. The number of amides is 1. The maximum absolute atomic E-state index is 14.1. The van der Waals surface area contributed by atoms with Crippen molar-refractivity contribution in [1.29, 1.82) is 0 Å². The van der Waals surface area contributed by atoms with Gasteiger partial charge in [-0.1, -0.05) is 28.9 Å². The first-order valence-corrected chi connectivity index (χ1v) is 7.72. The van der Waals surface area contributed by atoms with Crippen molar-refractivity contribution in [3.63, 3.8) is 0 Å². The molecule has 8 heteroatoms. The quantitative estimate of drug-likeness (QED) is 0.882. The third-order valence-electron chi connectivity index (χ3n) is 3.62. The normalized spacial score (nSPS) is 16.3. The molecule has 1 aliphatic heterocycles. The van der Waals surface area contributed by atoms with E-state index in [2.05, 4.69) is 5.16 Å². The molecule has 0 spiro atoms. The largest absolute Gasteiger partial charge is 0.486 e. The van der Waals surface area contributed by atoms with E-state index in [1.54, 1.807) is 18.2 Å². The van der Waals surface area contributed by atoms with Gasteiger partial charge in [0.1, 0.15) is 18.0 Å². The molecular formula is C17H13ClF2N2O3. The summed E-state index contributed by atoms with van der Waals surface area (Å²) < 4.78 is 32.8. The molecule has 5 nitrogen and oxygen atoms in total. The number of oxime groups is 1. The van der Waals surface area contributed by atoms with E-state index in [0.29, 0.717) is 17.2 Å². The van der Waals surface area contributed by atoms with Crippen LogP contribution in [0.2, 0.25) is 5.02 Å². The highest BCUT2D eigenvalue weighted by atomic mass is 35.5. The Morgan fingerprint density at radius 1 is 1.36 bits per heavy atom. The minimum Gasteiger partial charge on any atom is -0.486 e. The number of ether oxygens (including phenoxy) is 1. The maximum atomic E-state index is 14.1. The van der Waals surface area contributed by atoms with Gasteiger partial charge in [0.25, 0.3) is 5.91 Å². The average molecular weight is 367 g/mol. The molecule has 130 valence electrons. The molecular weight excluding hydrogens is 354 g/mol. The monoisotopic (exact) mass is 366 g/mol. The molecule has 2 aromatic rings. The third-order valence-corrected chi connectivity index (χ3v) is 3.85. The van der Waals surface area contributed by atoms with Crippen LogP contribution in [-0.2, 0) is 4.84 Å². The molecule has 0 saturated heterocycles. The molecule has 1 aliphatic rings. The Bertz CT molecular complexity index is 858. The Hall–Kier alpha value is -2.67. The zero-order valence-corrected chi connectivity index (χ0v) is 13.6. The first kappa shape index (κ1) is 17.2. The third kappa shape index (κ3) is 3.71. The highest BCUT2D eigenvalue weighted by Crippen LogP contribution is 2.25. The zero-order valence-electron chi connectivity index (χ0n) is 12.8. The van der Waals surface area contributed by atoms with Gasteiger partial charge < -0.3 is 15.3 Å². The Kier molecular flexibility index (Phi) is 4.85. The summed E-state index contributed by atoms with van der Waals surface area (Å²) in [5.41, 5.74) is 5.64. The van der Waals surface area contributed by atoms with E-state index >= 15 is 0 Å². The summed E-state index contributed by atoms with van der Waals surface area (Å²) in [7, 11) is 0. The van der Waals surface area contributed by atoms with Gasteiger partial charge in [0.2, 0.25) is 0 Å². The van der Waals surface area contributed by atoms with Crippen molar-refractivity contribution in [3.8, 4) is 5.75 Å². The second-order valence-corrected chi connectivity index (χ2v) is 5.83. The van der Waals surface area contributed by atoms with Gasteiger partial charge in [-0.05, 0) is 24.3 Å². The summed E-state index contributed by atoms with van der Waals surface area (Å²) in [6, 6.07) is 9.15. The van der Waals surface area contributed by atoms with Crippen LogP contribution < -0.4 is 10.5 Å². The van der Waals surface area contributed by atoms with Crippen LogP contribution in [0.15, 0.2) is 41.6 Å². The van der Waals surface area contributed by atoms with E-state index in [1.807, 2.05) is 6.07 Å². The second-order valence-electron chi connectivity index (χ2n) is 5.39. The van der Waals surface area contributed by atoms with Gasteiger partial charge >= 0.3 is 0 Å². The van der Waals surface area contributed by atoms with Crippen molar-refractivity contribution >= 4 is 23.2 Å². The van der Waals surface area contributed by atoms with Gasteiger partial charge in [0.05, 0.1) is 5.71 Å². The van der Waals surface area contributed by atoms with Gasteiger partial charge in [-0.3, -0.25) is 4.79 Å². The molecule has 2 N–H and O–H groups in total. The lowest BCUT2D eigenvalue weighted by Crippen LogP contribution is -2.20. The van der Waals surface area contributed by atoms with E-state index in [4.69, 9.17) is 26.9 Å². The topological polar surface area (TPSA) is 73.9 Å². The van der Waals surface area contributed by atoms with Crippen molar-refractivity contribution in [2.45, 2.75) is 12.5 Å². The predicted octanol–water partition coefficient (Wildman–Crippen LogP) is 3.29. The molecule has 0 aromatic heterocycles. The summed E-state index contributed by atoms with van der Waals surface area (Å²) >= 11 is 5.94. The van der Waals surface area contributed by atoms with Crippen LogP contribution in [0, 0.1) is 11.6 Å². The Balaban J connectivity index is 1.65. The molecule has 0 fully saturated rings. The standard InChI is InChI=1S/C17H13ClF2N2O3/c18-10-3-1-2-9(6-10)13-7-11(25-22-13)8-24-14-5-4-12(19)15(16(14)20)17(21)23/h1-6,11H,7-8H2,(H2,21,23). The molecule has 2 aromatic carbocycles. The van der Waals surface area contributed by atoms with Crippen LogP contribution in [0.4, 0.5) is 8.78 Å². The SMILES string of the molecule is NC(=O)c1c(F)ccc(OCC2CC(c3cccc(Cl)c3)=NO2)c1F. The molecule has 3 rings (SSSR count). The number of nitrogens with two attached hydrogens (primary N) is 1.